The molecule has 0 aliphatic carbocycles. The van der Waals surface area contributed by atoms with Crippen LogP contribution >= 0.6 is 11.6 Å². The number of nitrogens with one attached hydrogen (secondary N) is 1. The number of carbonyl (C=O) groups excluding carboxylic acids is 2. The molecule has 2 rings (SSSR count). The quantitative estimate of drug-likeness (QED) is 0.729. The van der Waals surface area contributed by atoms with Gasteiger partial charge in [0.25, 0.3) is 5.91 Å². The molecule has 132 valence electrons. The minimum atomic E-state index is -3.01. The zero-order valence-electron chi connectivity index (χ0n) is 13.2. The van der Waals surface area contributed by atoms with E-state index in [1.165, 1.54) is 0 Å². The molecule has 1 amide bonds. The van der Waals surface area contributed by atoms with Crippen LogP contribution in [0.1, 0.15) is 18.4 Å². The van der Waals surface area contributed by atoms with Crippen LogP contribution in [0.3, 0.4) is 0 Å². The largest absolute Gasteiger partial charge is 0.456 e. The third kappa shape index (κ3) is 6.49. The van der Waals surface area contributed by atoms with Gasteiger partial charge in [-0.05, 0) is 36.5 Å². The van der Waals surface area contributed by atoms with Gasteiger partial charge in [-0.3, -0.25) is 9.59 Å². The molecule has 1 aliphatic heterocycles. The van der Waals surface area contributed by atoms with Gasteiger partial charge in [0.2, 0.25) is 0 Å². The molecule has 6 nitrogen and oxygen atoms in total. The highest BCUT2D eigenvalue weighted by molar-refractivity contribution is 7.91. The fourth-order valence-electron chi connectivity index (χ4n) is 2.52. The summed E-state index contributed by atoms with van der Waals surface area (Å²) in [5, 5.41) is 3.32. The maximum absolute atomic E-state index is 11.6. The van der Waals surface area contributed by atoms with E-state index in [0.29, 0.717) is 24.4 Å². The van der Waals surface area contributed by atoms with E-state index in [-0.39, 0.29) is 36.4 Å². The smallest absolute Gasteiger partial charge is 0.306 e. The highest BCUT2D eigenvalue weighted by Crippen LogP contribution is 2.21. The Hall–Kier alpha value is -1.60. The Bertz CT molecular complexity index is 687. The van der Waals surface area contributed by atoms with Gasteiger partial charge in [0.1, 0.15) is 0 Å². The lowest BCUT2D eigenvalue weighted by Crippen LogP contribution is -2.30. The number of sulfone groups is 1. The van der Waals surface area contributed by atoms with Gasteiger partial charge in [0.15, 0.2) is 16.4 Å². The van der Waals surface area contributed by atoms with Crippen molar-refractivity contribution in [3.8, 4) is 0 Å². The number of hydrogen-bond acceptors (Lipinski definition) is 5. The summed E-state index contributed by atoms with van der Waals surface area (Å²) in [7, 11) is -3.01. The first kappa shape index (κ1) is 18.7. The molecule has 0 radical (unpaired) electrons. The third-order valence-electron chi connectivity index (χ3n) is 3.80. The molecular weight excluding hydrogens is 354 g/mol. The van der Waals surface area contributed by atoms with E-state index in [9.17, 15) is 18.0 Å². The van der Waals surface area contributed by atoms with Crippen LogP contribution in [-0.4, -0.2) is 45.0 Å². The topological polar surface area (TPSA) is 89.5 Å². The lowest BCUT2D eigenvalue weighted by atomic mass is 10.1. The highest BCUT2D eigenvalue weighted by Gasteiger charge is 2.29. The van der Waals surface area contributed by atoms with Crippen LogP contribution in [0.2, 0.25) is 5.02 Å². The zero-order chi connectivity index (χ0) is 17.6. The number of carbonyl (C=O) groups is 2. The van der Waals surface area contributed by atoms with E-state index >= 15 is 0 Å². The molecule has 1 atom stereocenters. The number of benzene rings is 1. The SMILES string of the molecule is O=C(COC(=O)C[C@H]1CCS(=O)(=O)C1)NCCc1ccc(Cl)cc1. The summed E-state index contributed by atoms with van der Waals surface area (Å²) in [4.78, 5) is 23.3. The second-order valence-electron chi connectivity index (χ2n) is 5.86. The van der Waals surface area contributed by atoms with Crippen molar-refractivity contribution in [2.45, 2.75) is 19.3 Å². The zero-order valence-corrected chi connectivity index (χ0v) is 14.7. The van der Waals surface area contributed by atoms with Crippen LogP contribution in [0.25, 0.3) is 0 Å². The number of rotatable bonds is 7. The summed E-state index contributed by atoms with van der Waals surface area (Å²) in [5.41, 5.74) is 1.04. The highest BCUT2D eigenvalue weighted by atomic mass is 35.5. The van der Waals surface area contributed by atoms with Crippen LogP contribution in [0.5, 0.6) is 0 Å². The van der Waals surface area contributed by atoms with Crippen molar-refractivity contribution in [3.63, 3.8) is 0 Å². The molecule has 1 fully saturated rings. The Morgan fingerprint density at radius 1 is 1.25 bits per heavy atom. The Kier molecular flexibility index (Phi) is 6.62. The second-order valence-corrected chi connectivity index (χ2v) is 8.53. The molecule has 1 heterocycles. The number of halogens is 1. The van der Waals surface area contributed by atoms with Gasteiger partial charge in [-0.2, -0.15) is 0 Å². The van der Waals surface area contributed by atoms with Crippen molar-refractivity contribution < 1.29 is 22.7 Å². The monoisotopic (exact) mass is 373 g/mol. The molecular formula is C16H20ClNO5S. The summed E-state index contributed by atoms with van der Waals surface area (Å²) in [5.74, 6) is -0.970. The summed E-state index contributed by atoms with van der Waals surface area (Å²) in [6.45, 7) is 0.0812. The van der Waals surface area contributed by atoms with Crippen LogP contribution in [-0.2, 0) is 30.6 Å². The third-order valence-corrected chi connectivity index (χ3v) is 5.88. The number of esters is 1. The fraction of sp³-hybridized carbons (Fsp3) is 0.500. The summed E-state index contributed by atoms with van der Waals surface area (Å²) < 4.78 is 27.5. The maximum atomic E-state index is 11.6. The van der Waals surface area contributed by atoms with Gasteiger partial charge in [0, 0.05) is 18.0 Å². The number of hydrogen-bond donors (Lipinski definition) is 1. The van der Waals surface area contributed by atoms with Crippen molar-refractivity contribution in [2.75, 3.05) is 24.7 Å². The van der Waals surface area contributed by atoms with Crippen LogP contribution in [0.15, 0.2) is 24.3 Å². The fourth-order valence-corrected chi connectivity index (χ4v) is 4.51. The average Bonchev–Trinajstić information content (AvgIpc) is 2.86. The number of amides is 1. The Morgan fingerprint density at radius 3 is 2.58 bits per heavy atom. The van der Waals surface area contributed by atoms with E-state index in [0.717, 1.165) is 5.56 Å². The predicted octanol–water partition coefficient (Wildman–Crippen LogP) is 1.37. The predicted molar refractivity (Wildman–Crippen MR) is 90.5 cm³/mol. The van der Waals surface area contributed by atoms with Crippen molar-refractivity contribution >= 4 is 33.3 Å². The van der Waals surface area contributed by atoms with Crippen molar-refractivity contribution in [1.29, 1.82) is 0 Å². The first-order chi connectivity index (χ1) is 11.3. The van der Waals surface area contributed by atoms with Crippen molar-refractivity contribution in [1.82, 2.24) is 5.32 Å². The first-order valence-corrected chi connectivity index (χ1v) is 9.91. The molecule has 0 aromatic heterocycles. The van der Waals surface area contributed by atoms with Gasteiger partial charge in [0.05, 0.1) is 11.5 Å². The molecule has 8 heteroatoms. The van der Waals surface area contributed by atoms with Gasteiger partial charge < -0.3 is 10.1 Å². The van der Waals surface area contributed by atoms with E-state index in [2.05, 4.69) is 5.32 Å². The van der Waals surface area contributed by atoms with E-state index < -0.39 is 15.8 Å². The molecule has 0 saturated carbocycles. The second kappa shape index (κ2) is 8.48. The Morgan fingerprint density at radius 2 is 1.96 bits per heavy atom. The molecule has 0 bridgehead atoms. The first-order valence-electron chi connectivity index (χ1n) is 7.71. The van der Waals surface area contributed by atoms with E-state index in [1.54, 1.807) is 12.1 Å². The van der Waals surface area contributed by atoms with E-state index in [1.807, 2.05) is 12.1 Å². The summed E-state index contributed by atoms with van der Waals surface area (Å²) >= 11 is 5.79. The molecule has 1 N–H and O–H groups in total. The van der Waals surface area contributed by atoms with Gasteiger partial charge in [-0.25, -0.2) is 8.42 Å². The minimum Gasteiger partial charge on any atom is -0.456 e. The standard InChI is InChI=1S/C16H20ClNO5S/c17-14-3-1-12(2-4-14)5-7-18-15(19)10-23-16(20)9-13-6-8-24(21,22)11-13/h1-4,13H,5-11H2,(H,18,19)/t13-/m1/s1. The van der Waals surface area contributed by atoms with Crippen molar-refractivity contribution in [3.05, 3.63) is 34.9 Å². The molecule has 1 aromatic rings. The Labute approximate surface area is 146 Å². The summed E-state index contributed by atoms with van der Waals surface area (Å²) in [6, 6.07) is 7.32. The molecule has 0 spiro atoms. The lowest BCUT2D eigenvalue weighted by molar-refractivity contribution is -0.149. The molecule has 0 unspecified atom stereocenters. The molecule has 24 heavy (non-hydrogen) atoms. The van der Waals surface area contributed by atoms with Gasteiger partial charge in [-0.15, -0.1) is 0 Å². The van der Waals surface area contributed by atoms with Crippen LogP contribution in [0, 0.1) is 5.92 Å². The molecule has 1 saturated heterocycles. The Balaban J connectivity index is 1.60. The average molecular weight is 374 g/mol. The molecule has 1 aromatic carbocycles. The normalized spacial score (nSPS) is 19.0. The maximum Gasteiger partial charge on any atom is 0.306 e. The lowest BCUT2D eigenvalue weighted by Gasteiger charge is -2.09. The van der Waals surface area contributed by atoms with Gasteiger partial charge >= 0.3 is 5.97 Å². The van der Waals surface area contributed by atoms with Crippen LogP contribution in [0.4, 0.5) is 0 Å². The van der Waals surface area contributed by atoms with E-state index in [4.69, 9.17) is 16.3 Å². The van der Waals surface area contributed by atoms with Crippen LogP contribution < -0.4 is 5.32 Å². The minimum absolute atomic E-state index is 0.0232. The van der Waals surface area contributed by atoms with Crippen molar-refractivity contribution in [2.24, 2.45) is 5.92 Å². The summed E-state index contributed by atoms with van der Waals surface area (Å²) in [6.07, 6.45) is 1.17. The molecule has 1 aliphatic rings. The van der Waals surface area contributed by atoms with Gasteiger partial charge in [-0.1, -0.05) is 23.7 Å². The number of ether oxygens (including phenoxy) is 1.